The van der Waals surface area contributed by atoms with Crippen LogP contribution in [-0.2, 0) is 28.2 Å². The molecule has 0 aliphatic carbocycles. The maximum atomic E-state index is 12.3. The lowest BCUT2D eigenvalue weighted by molar-refractivity contribution is -0.161. The molecule has 8 nitrogen and oxygen atoms in total. The Morgan fingerprint density at radius 1 is 0.562 bits per heavy atom. The fraction of sp³-hybridized carbons (Fsp3) is 0.641. The van der Waals surface area contributed by atoms with Crippen LogP contribution in [0.5, 0.6) is 0 Å². The number of ether oxygens (including phenoxy) is 2. The van der Waals surface area contributed by atoms with Gasteiger partial charge in [-0.2, -0.15) is 0 Å². The molecule has 0 aromatic carbocycles. The highest BCUT2D eigenvalue weighted by atomic mass is 31.2. The molecule has 0 radical (unpaired) electrons. The van der Waals surface area contributed by atoms with E-state index in [0.717, 1.165) is 77.0 Å². The summed E-state index contributed by atoms with van der Waals surface area (Å²) in [6.07, 6.45) is 43.4. The van der Waals surface area contributed by atoms with Gasteiger partial charge in [-0.1, -0.05) is 119 Å². The van der Waals surface area contributed by atoms with Gasteiger partial charge in [-0.05, 0) is 83.5 Å². The fourth-order valence-corrected chi connectivity index (χ4v) is 4.87. The van der Waals surface area contributed by atoms with Crippen molar-refractivity contribution in [1.82, 2.24) is 0 Å². The lowest BCUT2D eigenvalue weighted by Gasteiger charge is -2.18. The van der Waals surface area contributed by atoms with Crippen molar-refractivity contribution in [1.29, 1.82) is 0 Å². The summed E-state index contributed by atoms with van der Waals surface area (Å²) >= 11 is 0. The van der Waals surface area contributed by atoms with Crippen molar-refractivity contribution >= 4 is 19.8 Å². The molecule has 0 aromatic rings. The molecule has 0 spiro atoms. The van der Waals surface area contributed by atoms with Gasteiger partial charge in [0, 0.05) is 12.8 Å². The third kappa shape index (κ3) is 36.3. The predicted octanol–water partition coefficient (Wildman–Crippen LogP) is 10.7. The number of hydrogen-bond acceptors (Lipinski definition) is 6. The summed E-state index contributed by atoms with van der Waals surface area (Å²) in [6.45, 7) is 3.47. The van der Waals surface area contributed by atoms with Gasteiger partial charge in [-0.25, -0.2) is 4.57 Å². The van der Waals surface area contributed by atoms with Crippen LogP contribution in [0.25, 0.3) is 0 Å². The molecule has 1 unspecified atom stereocenters. The molecule has 0 aliphatic heterocycles. The standard InChI is InChI=1S/C39H65O8P/c1-3-5-7-9-11-13-15-17-19-21-23-25-27-29-31-33-38(40)45-35-37(36-46-48(42,43)44)47-39(41)34-32-30-28-26-24-22-20-18-16-14-12-10-8-6-4-2/h6,8,11-14,17-20,24,26,37H,3-5,7,9-10,15-16,21-23,25,27-36H2,1-2H3,(H2,42,43,44)/b8-6-,13-11-,14-12-,19-17-,20-18-,26-24-. The van der Waals surface area contributed by atoms with E-state index in [0.29, 0.717) is 12.8 Å². The van der Waals surface area contributed by atoms with Crippen molar-refractivity contribution in [3.05, 3.63) is 72.9 Å². The van der Waals surface area contributed by atoms with E-state index < -0.39 is 32.5 Å². The van der Waals surface area contributed by atoms with Crippen molar-refractivity contribution in [3.8, 4) is 0 Å². The molecule has 0 aromatic heterocycles. The van der Waals surface area contributed by atoms with Crippen LogP contribution in [0.2, 0.25) is 0 Å². The van der Waals surface area contributed by atoms with Crippen molar-refractivity contribution in [2.45, 2.75) is 148 Å². The SMILES string of the molecule is CC/C=C\C/C=C\C/C=C\C/C=C\CCCCC(=O)OC(COC(=O)CCCCCCC/C=C\C/C=C\CCCCC)COP(=O)(O)O. The Kier molecular flexibility index (Phi) is 32.6. The van der Waals surface area contributed by atoms with Crippen molar-refractivity contribution in [2.24, 2.45) is 0 Å². The number of rotatable bonds is 32. The van der Waals surface area contributed by atoms with Gasteiger partial charge in [-0.15, -0.1) is 0 Å². The molecule has 0 amide bonds. The highest BCUT2D eigenvalue weighted by Crippen LogP contribution is 2.35. The Morgan fingerprint density at radius 2 is 1.00 bits per heavy atom. The minimum Gasteiger partial charge on any atom is -0.462 e. The summed E-state index contributed by atoms with van der Waals surface area (Å²) in [5.41, 5.74) is 0. The van der Waals surface area contributed by atoms with E-state index in [1.165, 1.54) is 25.7 Å². The van der Waals surface area contributed by atoms with Gasteiger partial charge < -0.3 is 19.3 Å². The minimum atomic E-state index is -4.77. The average molecular weight is 693 g/mol. The number of unbranched alkanes of at least 4 members (excludes halogenated alkanes) is 10. The molecule has 0 saturated carbocycles. The van der Waals surface area contributed by atoms with Crippen LogP contribution in [0.1, 0.15) is 142 Å². The quantitative estimate of drug-likeness (QED) is 0.0309. The van der Waals surface area contributed by atoms with Gasteiger partial charge >= 0.3 is 19.8 Å². The molecule has 274 valence electrons. The topological polar surface area (TPSA) is 119 Å². The van der Waals surface area contributed by atoms with Gasteiger partial charge in [0.25, 0.3) is 0 Å². The Balaban J connectivity index is 4.10. The van der Waals surface area contributed by atoms with E-state index in [9.17, 15) is 14.2 Å². The number of carbonyl (C=O) groups is 2. The maximum Gasteiger partial charge on any atom is 0.469 e. The minimum absolute atomic E-state index is 0.153. The van der Waals surface area contributed by atoms with Crippen LogP contribution in [0.3, 0.4) is 0 Å². The van der Waals surface area contributed by atoms with Crippen LogP contribution >= 0.6 is 7.82 Å². The predicted molar refractivity (Wildman–Crippen MR) is 197 cm³/mol. The third-order valence-corrected chi connectivity index (χ3v) is 7.69. The second-order valence-electron chi connectivity index (χ2n) is 11.8. The van der Waals surface area contributed by atoms with Crippen LogP contribution in [-0.4, -0.2) is 41.0 Å². The number of esters is 2. The van der Waals surface area contributed by atoms with Crippen LogP contribution in [0.15, 0.2) is 72.9 Å². The van der Waals surface area contributed by atoms with Gasteiger partial charge in [0.15, 0.2) is 6.10 Å². The van der Waals surface area contributed by atoms with Gasteiger partial charge in [-0.3, -0.25) is 14.1 Å². The lowest BCUT2D eigenvalue weighted by atomic mass is 10.1. The van der Waals surface area contributed by atoms with E-state index in [-0.39, 0.29) is 19.4 Å². The highest BCUT2D eigenvalue weighted by molar-refractivity contribution is 7.46. The van der Waals surface area contributed by atoms with Crippen molar-refractivity contribution in [3.63, 3.8) is 0 Å². The van der Waals surface area contributed by atoms with Crippen LogP contribution in [0, 0.1) is 0 Å². The Labute approximate surface area is 291 Å². The molecule has 0 fully saturated rings. The van der Waals surface area contributed by atoms with E-state index in [4.69, 9.17) is 19.3 Å². The first-order valence-electron chi connectivity index (χ1n) is 18.2. The number of phosphoric acid groups is 1. The number of phosphoric ester groups is 1. The zero-order valence-electron chi connectivity index (χ0n) is 29.9. The molecule has 0 saturated heterocycles. The smallest absolute Gasteiger partial charge is 0.462 e. The summed E-state index contributed by atoms with van der Waals surface area (Å²) < 4.78 is 26.2. The zero-order chi connectivity index (χ0) is 35.4. The van der Waals surface area contributed by atoms with Gasteiger partial charge in [0.1, 0.15) is 6.61 Å². The molecule has 0 rings (SSSR count). The third-order valence-electron chi connectivity index (χ3n) is 7.21. The summed E-state index contributed by atoms with van der Waals surface area (Å²) in [7, 11) is -4.77. The number of carbonyl (C=O) groups excluding carboxylic acids is 2. The van der Waals surface area contributed by atoms with Crippen LogP contribution < -0.4 is 0 Å². The van der Waals surface area contributed by atoms with E-state index >= 15 is 0 Å². The van der Waals surface area contributed by atoms with E-state index in [1.54, 1.807) is 0 Å². The lowest BCUT2D eigenvalue weighted by Crippen LogP contribution is -2.29. The monoisotopic (exact) mass is 692 g/mol. The highest BCUT2D eigenvalue weighted by Gasteiger charge is 2.22. The average Bonchev–Trinajstić information content (AvgIpc) is 3.05. The first-order chi connectivity index (χ1) is 23.3. The van der Waals surface area contributed by atoms with Gasteiger partial charge in [0.05, 0.1) is 6.61 Å². The molecule has 0 bridgehead atoms. The second kappa shape index (κ2) is 34.4. The zero-order valence-corrected chi connectivity index (χ0v) is 30.7. The fourth-order valence-electron chi connectivity index (χ4n) is 4.51. The largest absolute Gasteiger partial charge is 0.469 e. The molecule has 48 heavy (non-hydrogen) atoms. The molecular weight excluding hydrogens is 627 g/mol. The molecule has 2 N–H and O–H groups in total. The van der Waals surface area contributed by atoms with Crippen molar-refractivity contribution in [2.75, 3.05) is 13.2 Å². The van der Waals surface area contributed by atoms with Crippen LogP contribution in [0.4, 0.5) is 0 Å². The Morgan fingerprint density at radius 3 is 1.54 bits per heavy atom. The van der Waals surface area contributed by atoms with E-state index in [1.807, 2.05) is 0 Å². The van der Waals surface area contributed by atoms with E-state index in [2.05, 4.69) is 91.3 Å². The summed E-state index contributed by atoms with van der Waals surface area (Å²) in [6, 6.07) is 0. The first-order valence-corrected chi connectivity index (χ1v) is 19.8. The van der Waals surface area contributed by atoms with Gasteiger partial charge in [0.2, 0.25) is 0 Å². The first kappa shape index (κ1) is 45.5. The summed E-state index contributed by atoms with van der Waals surface area (Å²) in [5, 5.41) is 0. The molecule has 0 aliphatic rings. The number of allylic oxidation sites excluding steroid dienone is 12. The summed E-state index contributed by atoms with van der Waals surface area (Å²) in [4.78, 5) is 42.6. The summed E-state index contributed by atoms with van der Waals surface area (Å²) in [5.74, 6) is -0.958. The number of hydrogen-bond donors (Lipinski definition) is 2. The Hall–Kier alpha value is -2.51. The molecule has 0 heterocycles. The molecule has 1 atom stereocenters. The molecule has 9 heteroatoms. The Bertz CT molecular complexity index is 1010. The molecular formula is C39H65O8P. The normalized spacial score (nSPS) is 13.3. The maximum absolute atomic E-state index is 12.3. The van der Waals surface area contributed by atoms with Crippen molar-refractivity contribution < 1.29 is 37.9 Å². The second-order valence-corrected chi connectivity index (χ2v) is 13.0.